The van der Waals surface area contributed by atoms with Crippen molar-refractivity contribution in [3.8, 4) is 11.1 Å². The molecule has 3 heterocycles. The van der Waals surface area contributed by atoms with Gasteiger partial charge in [-0.25, -0.2) is 4.48 Å². The standard InChI is InChI=1S/C30H37N5O3/c1-21-17-24(13-14-31-21)25-9-12-27(32-18-25)28(36)33(6)26-10-7-23(8-11-26)20-34-15-16-35(29(37)38,22(2)19-34)30(3,4)5/h7-14,17-18,22H,15-16,19-20H2,1-6H3/p+1/t22-,35?/m0/s1. The third-order valence-electron chi connectivity index (χ3n) is 7.83. The molecule has 2 aromatic heterocycles. The van der Waals surface area contributed by atoms with Gasteiger partial charge in [-0.1, -0.05) is 18.2 Å². The topological polar surface area (TPSA) is 86.6 Å². The summed E-state index contributed by atoms with van der Waals surface area (Å²) in [7, 11) is 1.75. The summed E-state index contributed by atoms with van der Waals surface area (Å²) in [4.78, 5) is 37.9. The minimum Gasteiger partial charge on any atom is -0.435 e. The Morgan fingerprint density at radius 2 is 1.79 bits per heavy atom. The summed E-state index contributed by atoms with van der Waals surface area (Å²) in [5.74, 6) is -0.176. The number of anilines is 1. The quantitative estimate of drug-likeness (QED) is 0.468. The van der Waals surface area contributed by atoms with Crippen LogP contribution in [0.5, 0.6) is 0 Å². The normalized spacial score (nSPS) is 20.2. The number of aromatic nitrogens is 2. The first-order chi connectivity index (χ1) is 17.9. The van der Waals surface area contributed by atoms with Crippen molar-refractivity contribution in [1.82, 2.24) is 14.9 Å². The Bertz CT molecular complexity index is 1300. The molecule has 3 aromatic rings. The number of rotatable bonds is 5. The summed E-state index contributed by atoms with van der Waals surface area (Å²) in [6.07, 6.45) is 2.73. The molecule has 1 saturated heterocycles. The average molecular weight is 517 g/mol. The number of carbonyl (C=O) groups excluding carboxylic acids is 1. The number of piperazine rings is 1. The second-order valence-electron chi connectivity index (χ2n) is 11.3. The summed E-state index contributed by atoms with van der Waals surface area (Å²) in [5.41, 5.74) is 4.81. The molecule has 1 unspecified atom stereocenters. The summed E-state index contributed by atoms with van der Waals surface area (Å²) < 4.78 is 0.0759. The van der Waals surface area contributed by atoms with E-state index < -0.39 is 6.09 Å². The zero-order valence-electron chi connectivity index (χ0n) is 23.2. The smallest absolute Gasteiger partial charge is 0.435 e. The highest BCUT2D eigenvalue weighted by atomic mass is 16.4. The molecule has 0 bridgehead atoms. The van der Waals surface area contributed by atoms with Crippen molar-refractivity contribution in [2.24, 2.45) is 0 Å². The molecule has 1 aromatic carbocycles. The molecule has 1 fully saturated rings. The third-order valence-corrected chi connectivity index (χ3v) is 7.83. The van der Waals surface area contributed by atoms with E-state index in [1.165, 1.54) is 0 Å². The molecule has 2 atom stereocenters. The maximum Gasteiger partial charge on any atom is 0.514 e. The van der Waals surface area contributed by atoms with Gasteiger partial charge in [0.1, 0.15) is 23.8 Å². The van der Waals surface area contributed by atoms with Crippen LogP contribution in [0.3, 0.4) is 0 Å². The van der Waals surface area contributed by atoms with Crippen LogP contribution in [0.1, 0.15) is 49.4 Å². The van der Waals surface area contributed by atoms with E-state index in [-0.39, 0.29) is 22.0 Å². The number of hydrogen-bond acceptors (Lipinski definition) is 5. The Labute approximate surface area is 225 Å². The second kappa shape index (κ2) is 10.6. The third kappa shape index (κ3) is 5.33. The van der Waals surface area contributed by atoms with Crippen molar-refractivity contribution in [1.29, 1.82) is 0 Å². The average Bonchev–Trinajstić information content (AvgIpc) is 2.87. The van der Waals surface area contributed by atoms with Gasteiger partial charge in [-0.05, 0) is 76.1 Å². The molecular weight excluding hydrogens is 478 g/mol. The predicted octanol–water partition coefficient (Wildman–Crippen LogP) is 5.23. The predicted molar refractivity (Wildman–Crippen MR) is 149 cm³/mol. The number of pyridine rings is 2. The van der Waals surface area contributed by atoms with Crippen LogP contribution in [0.15, 0.2) is 60.9 Å². The Morgan fingerprint density at radius 1 is 1.08 bits per heavy atom. The van der Waals surface area contributed by atoms with Crippen molar-refractivity contribution >= 4 is 17.7 Å². The Kier molecular flexibility index (Phi) is 7.67. The SMILES string of the molecule is Cc1cc(-c2ccc(C(=O)N(C)c3ccc(CN4CC[N+](C(=O)O)(C(C)(C)C)[C@@H](C)C4)cc3)nc2)ccn1. The van der Waals surface area contributed by atoms with Gasteiger partial charge in [-0.15, -0.1) is 0 Å². The second-order valence-corrected chi connectivity index (χ2v) is 11.3. The van der Waals surface area contributed by atoms with Crippen molar-refractivity contribution in [2.75, 3.05) is 31.6 Å². The van der Waals surface area contributed by atoms with Crippen LogP contribution >= 0.6 is 0 Å². The number of carboxylic acid groups (broad SMARTS) is 1. The van der Waals surface area contributed by atoms with Crippen LogP contribution in [0, 0.1) is 6.92 Å². The lowest BCUT2D eigenvalue weighted by Crippen LogP contribution is -2.73. The number of quaternary nitrogens is 1. The van der Waals surface area contributed by atoms with Crippen LogP contribution in [0.25, 0.3) is 11.1 Å². The minimum absolute atomic E-state index is 0.0225. The van der Waals surface area contributed by atoms with E-state index in [9.17, 15) is 14.7 Å². The molecule has 8 heteroatoms. The zero-order chi connectivity index (χ0) is 27.7. The summed E-state index contributed by atoms with van der Waals surface area (Å²) in [6, 6.07) is 15.5. The summed E-state index contributed by atoms with van der Waals surface area (Å²) in [5, 5.41) is 10.1. The van der Waals surface area contributed by atoms with Crippen LogP contribution in [-0.4, -0.2) is 74.7 Å². The lowest BCUT2D eigenvalue weighted by molar-refractivity contribution is -0.929. The molecule has 200 valence electrons. The molecule has 4 rings (SSSR count). The molecule has 2 amide bonds. The summed E-state index contributed by atoms with van der Waals surface area (Å²) in [6.45, 7) is 12.7. The van der Waals surface area contributed by atoms with Crippen LogP contribution < -0.4 is 4.90 Å². The van der Waals surface area contributed by atoms with Gasteiger partial charge in [0.15, 0.2) is 0 Å². The monoisotopic (exact) mass is 516 g/mol. The number of amides is 2. The van der Waals surface area contributed by atoms with Gasteiger partial charge in [0.05, 0.1) is 6.54 Å². The molecule has 1 N–H and O–H groups in total. The highest BCUT2D eigenvalue weighted by molar-refractivity contribution is 6.04. The van der Waals surface area contributed by atoms with Gasteiger partial charge < -0.3 is 10.0 Å². The molecule has 0 radical (unpaired) electrons. The highest BCUT2D eigenvalue weighted by Gasteiger charge is 2.54. The lowest BCUT2D eigenvalue weighted by Gasteiger charge is -2.52. The van der Waals surface area contributed by atoms with Crippen molar-refractivity contribution in [3.63, 3.8) is 0 Å². The Hall–Kier alpha value is -3.62. The van der Waals surface area contributed by atoms with Crippen molar-refractivity contribution < 1.29 is 19.2 Å². The molecule has 1 aliphatic rings. The van der Waals surface area contributed by atoms with E-state index in [4.69, 9.17) is 0 Å². The van der Waals surface area contributed by atoms with Gasteiger partial charge in [0, 0.05) is 49.5 Å². The largest absolute Gasteiger partial charge is 0.514 e. The molecule has 0 saturated carbocycles. The van der Waals surface area contributed by atoms with Crippen molar-refractivity contribution in [3.05, 3.63) is 77.9 Å². The molecule has 8 nitrogen and oxygen atoms in total. The molecule has 0 aliphatic carbocycles. The van der Waals surface area contributed by atoms with E-state index >= 15 is 0 Å². The van der Waals surface area contributed by atoms with Gasteiger partial charge in [-0.2, -0.15) is 4.79 Å². The zero-order valence-corrected chi connectivity index (χ0v) is 23.2. The lowest BCUT2D eigenvalue weighted by atomic mass is 9.95. The van der Waals surface area contributed by atoms with E-state index in [1.807, 2.05) is 77.1 Å². The maximum atomic E-state index is 13.1. The van der Waals surface area contributed by atoms with E-state index in [2.05, 4.69) is 14.9 Å². The van der Waals surface area contributed by atoms with Crippen molar-refractivity contribution in [2.45, 2.75) is 52.7 Å². The van der Waals surface area contributed by atoms with Crippen LogP contribution in [0.4, 0.5) is 10.5 Å². The van der Waals surface area contributed by atoms with Crippen LogP contribution in [0.2, 0.25) is 0 Å². The van der Waals surface area contributed by atoms with Gasteiger partial charge in [-0.3, -0.25) is 19.7 Å². The highest BCUT2D eigenvalue weighted by Crippen LogP contribution is 2.33. The number of hydrogen-bond donors (Lipinski definition) is 1. The minimum atomic E-state index is -0.752. The van der Waals surface area contributed by atoms with Gasteiger partial charge >= 0.3 is 6.09 Å². The first kappa shape index (κ1) is 27.4. The number of aryl methyl sites for hydroxylation is 1. The fraction of sp³-hybridized carbons (Fsp3) is 0.400. The molecule has 0 spiro atoms. The van der Waals surface area contributed by atoms with Crippen LogP contribution in [-0.2, 0) is 6.54 Å². The first-order valence-electron chi connectivity index (χ1n) is 13.0. The molecular formula is C30H38N5O3+. The van der Waals surface area contributed by atoms with Gasteiger partial charge in [0.2, 0.25) is 0 Å². The maximum absolute atomic E-state index is 13.1. The van der Waals surface area contributed by atoms with E-state index in [0.717, 1.165) is 41.2 Å². The van der Waals surface area contributed by atoms with Gasteiger partial charge in [0.25, 0.3) is 5.91 Å². The number of benzene rings is 1. The van der Waals surface area contributed by atoms with E-state index in [1.54, 1.807) is 30.4 Å². The van der Waals surface area contributed by atoms with E-state index in [0.29, 0.717) is 18.8 Å². The number of nitrogens with zero attached hydrogens (tertiary/aromatic N) is 5. The first-order valence-corrected chi connectivity index (χ1v) is 13.0. The molecule has 38 heavy (non-hydrogen) atoms. The Balaban J connectivity index is 1.39. The summed E-state index contributed by atoms with van der Waals surface area (Å²) >= 11 is 0. The molecule has 1 aliphatic heterocycles. The fourth-order valence-corrected chi connectivity index (χ4v) is 5.62. The number of carbonyl (C=O) groups is 2. The fourth-order valence-electron chi connectivity index (χ4n) is 5.62. The Morgan fingerprint density at radius 3 is 2.34 bits per heavy atom.